The van der Waals surface area contributed by atoms with Crippen LogP contribution in [0.2, 0.25) is 0 Å². The number of nitrogens with two attached hydrogens (primary N) is 1. The molecule has 18 heavy (non-hydrogen) atoms. The van der Waals surface area contributed by atoms with Crippen LogP contribution in [-0.2, 0) is 4.79 Å². The molecule has 1 heterocycles. The van der Waals surface area contributed by atoms with Crippen molar-refractivity contribution in [2.75, 3.05) is 18.5 Å². The Labute approximate surface area is 112 Å². The second-order valence-electron chi connectivity index (χ2n) is 4.09. The predicted octanol–water partition coefficient (Wildman–Crippen LogP) is 1.56. The van der Waals surface area contributed by atoms with Crippen LogP contribution in [0.1, 0.15) is 13.3 Å². The average Bonchev–Trinajstić information content (AvgIpc) is 2.27. The van der Waals surface area contributed by atoms with Gasteiger partial charge in [-0.05, 0) is 19.1 Å². The van der Waals surface area contributed by atoms with Gasteiger partial charge in [0.2, 0.25) is 5.91 Å². The number of fused-ring (bicyclic) bond motifs is 1. The number of amides is 1. The van der Waals surface area contributed by atoms with Crippen LogP contribution >= 0.6 is 12.4 Å². The second-order valence-corrected chi connectivity index (χ2v) is 4.09. The number of ether oxygens (including phenoxy) is 2. The third kappa shape index (κ3) is 3.78. The zero-order valence-corrected chi connectivity index (χ0v) is 11.0. The van der Waals surface area contributed by atoms with Crippen LogP contribution < -0.4 is 20.5 Å². The molecular formula is C12H17ClN2O3. The number of nitrogens with one attached hydrogen (secondary N) is 1. The molecule has 1 atom stereocenters. The Morgan fingerprint density at radius 1 is 1.39 bits per heavy atom. The molecule has 0 aromatic heterocycles. The number of hydrogen-bond donors (Lipinski definition) is 2. The van der Waals surface area contributed by atoms with Gasteiger partial charge in [-0.2, -0.15) is 0 Å². The molecule has 1 aliphatic heterocycles. The molecule has 1 aliphatic rings. The van der Waals surface area contributed by atoms with E-state index in [4.69, 9.17) is 15.2 Å². The van der Waals surface area contributed by atoms with Crippen molar-refractivity contribution in [2.24, 2.45) is 5.73 Å². The Morgan fingerprint density at radius 3 is 2.72 bits per heavy atom. The molecular weight excluding hydrogens is 256 g/mol. The fraction of sp³-hybridized carbons (Fsp3) is 0.417. The van der Waals surface area contributed by atoms with Crippen LogP contribution in [0.25, 0.3) is 0 Å². The number of rotatable bonds is 3. The van der Waals surface area contributed by atoms with Crippen LogP contribution in [0.15, 0.2) is 18.2 Å². The van der Waals surface area contributed by atoms with Crippen LogP contribution in [0.3, 0.4) is 0 Å². The zero-order chi connectivity index (χ0) is 12.3. The summed E-state index contributed by atoms with van der Waals surface area (Å²) in [7, 11) is 0. The van der Waals surface area contributed by atoms with Crippen LogP contribution in [0.5, 0.6) is 11.5 Å². The molecule has 3 N–H and O–H groups in total. The van der Waals surface area contributed by atoms with Crippen molar-refractivity contribution >= 4 is 24.0 Å². The largest absolute Gasteiger partial charge is 0.486 e. The van der Waals surface area contributed by atoms with Crippen molar-refractivity contribution in [3.8, 4) is 11.5 Å². The number of anilines is 1. The highest BCUT2D eigenvalue weighted by molar-refractivity contribution is 5.91. The Bertz CT molecular complexity index is 424. The molecule has 0 aliphatic carbocycles. The first kappa shape index (κ1) is 14.6. The molecule has 100 valence electrons. The third-order valence-electron chi connectivity index (χ3n) is 2.33. The smallest absolute Gasteiger partial charge is 0.225 e. The van der Waals surface area contributed by atoms with Gasteiger partial charge in [-0.25, -0.2) is 0 Å². The molecule has 1 amide bonds. The van der Waals surface area contributed by atoms with E-state index in [1.54, 1.807) is 25.1 Å². The highest BCUT2D eigenvalue weighted by Gasteiger charge is 2.13. The molecule has 1 aromatic carbocycles. The van der Waals surface area contributed by atoms with Crippen molar-refractivity contribution in [2.45, 2.75) is 19.4 Å². The lowest BCUT2D eigenvalue weighted by Crippen LogP contribution is -2.24. The topological polar surface area (TPSA) is 73.6 Å². The molecule has 1 aromatic rings. The van der Waals surface area contributed by atoms with Gasteiger partial charge in [0.05, 0.1) is 0 Å². The van der Waals surface area contributed by atoms with Crippen molar-refractivity contribution in [1.82, 2.24) is 0 Å². The Hall–Kier alpha value is -1.46. The van der Waals surface area contributed by atoms with Gasteiger partial charge >= 0.3 is 0 Å². The van der Waals surface area contributed by atoms with Gasteiger partial charge in [0.25, 0.3) is 0 Å². The summed E-state index contributed by atoms with van der Waals surface area (Å²) in [6.45, 7) is 2.89. The molecule has 0 fully saturated rings. The summed E-state index contributed by atoms with van der Waals surface area (Å²) in [6.07, 6.45) is 0.300. The lowest BCUT2D eigenvalue weighted by molar-refractivity contribution is -0.116. The van der Waals surface area contributed by atoms with Gasteiger partial charge in [0, 0.05) is 24.2 Å². The predicted molar refractivity (Wildman–Crippen MR) is 71.6 cm³/mol. The maximum Gasteiger partial charge on any atom is 0.225 e. The summed E-state index contributed by atoms with van der Waals surface area (Å²) in [5.74, 6) is 1.27. The van der Waals surface area contributed by atoms with Crippen LogP contribution in [0.4, 0.5) is 5.69 Å². The Kier molecular flexibility index (Phi) is 5.25. The van der Waals surface area contributed by atoms with Crippen molar-refractivity contribution in [1.29, 1.82) is 0 Å². The number of halogens is 1. The molecule has 2 rings (SSSR count). The Morgan fingerprint density at radius 2 is 2.06 bits per heavy atom. The molecule has 5 nitrogen and oxygen atoms in total. The minimum Gasteiger partial charge on any atom is -0.486 e. The van der Waals surface area contributed by atoms with E-state index in [2.05, 4.69) is 5.32 Å². The highest BCUT2D eigenvalue weighted by atomic mass is 35.5. The zero-order valence-electron chi connectivity index (χ0n) is 10.1. The molecule has 0 radical (unpaired) electrons. The van der Waals surface area contributed by atoms with E-state index in [0.29, 0.717) is 36.8 Å². The number of hydrogen-bond acceptors (Lipinski definition) is 4. The normalized spacial score (nSPS) is 14.3. The monoisotopic (exact) mass is 272 g/mol. The molecule has 0 spiro atoms. The fourth-order valence-corrected chi connectivity index (χ4v) is 1.63. The van der Waals surface area contributed by atoms with Gasteiger partial charge in [0.1, 0.15) is 13.2 Å². The van der Waals surface area contributed by atoms with Gasteiger partial charge in [-0.1, -0.05) is 0 Å². The van der Waals surface area contributed by atoms with E-state index >= 15 is 0 Å². The average molecular weight is 273 g/mol. The third-order valence-corrected chi connectivity index (χ3v) is 2.33. The maximum absolute atomic E-state index is 11.5. The summed E-state index contributed by atoms with van der Waals surface area (Å²) in [5.41, 5.74) is 6.25. The standard InChI is InChI=1S/C12H16N2O3.ClH/c1-8(13)6-12(15)14-9-2-3-10-11(7-9)17-5-4-16-10;/h2-3,7-8H,4-6,13H2,1H3,(H,14,15);1H. The molecule has 1 unspecified atom stereocenters. The Balaban J connectivity index is 0.00000162. The highest BCUT2D eigenvalue weighted by Crippen LogP contribution is 2.32. The van der Waals surface area contributed by atoms with Gasteiger partial charge < -0.3 is 20.5 Å². The fourth-order valence-electron chi connectivity index (χ4n) is 1.63. The minimum absolute atomic E-state index is 0. The molecule has 0 saturated heterocycles. The molecule has 0 saturated carbocycles. The maximum atomic E-state index is 11.5. The van der Waals surface area contributed by atoms with E-state index in [0.717, 1.165) is 0 Å². The van der Waals surface area contributed by atoms with Crippen molar-refractivity contribution in [3.05, 3.63) is 18.2 Å². The summed E-state index contributed by atoms with van der Waals surface area (Å²) < 4.78 is 10.8. The summed E-state index contributed by atoms with van der Waals surface area (Å²) >= 11 is 0. The van der Waals surface area contributed by atoms with E-state index < -0.39 is 0 Å². The summed E-state index contributed by atoms with van der Waals surface area (Å²) in [6, 6.07) is 5.18. The minimum atomic E-state index is -0.146. The molecule has 6 heteroatoms. The molecule has 0 bridgehead atoms. The van der Waals surface area contributed by atoms with Gasteiger partial charge in [-0.15, -0.1) is 12.4 Å². The van der Waals surface area contributed by atoms with Crippen molar-refractivity contribution < 1.29 is 14.3 Å². The van der Waals surface area contributed by atoms with Gasteiger partial charge in [-0.3, -0.25) is 4.79 Å². The summed E-state index contributed by atoms with van der Waals surface area (Å²) in [4.78, 5) is 11.5. The quantitative estimate of drug-likeness (QED) is 0.876. The first-order chi connectivity index (χ1) is 8.15. The van der Waals surface area contributed by atoms with Crippen molar-refractivity contribution in [3.63, 3.8) is 0 Å². The SMILES string of the molecule is CC(N)CC(=O)Nc1ccc2c(c1)OCCO2.Cl. The first-order valence-electron chi connectivity index (χ1n) is 5.60. The lowest BCUT2D eigenvalue weighted by atomic mass is 10.2. The van der Waals surface area contributed by atoms with E-state index in [-0.39, 0.29) is 24.4 Å². The summed E-state index contributed by atoms with van der Waals surface area (Å²) in [5, 5.41) is 2.77. The van der Waals surface area contributed by atoms with Crippen LogP contribution in [-0.4, -0.2) is 25.2 Å². The van der Waals surface area contributed by atoms with E-state index in [1.165, 1.54) is 0 Å². The number of carbonyl (C=O) groups is 1. The van der Waals surface area contributed by atoms with Crippen LogP contribution in [0, 0.1) is 0 Å². The van der Waals surface area contributed by atoms with Gasteiger partial charge in [0.15, 0.2) is 11.5 Å². The lowest BCUT2D eigenvalue weighted by Gasteiger charge is -2.19. The van der Waals surface area contributed by atoms with E-state index in [1.807, 2.05) is 0 Å². The number of carbonyl (C=O) groups excluding carboxylic acids is 1. The number of benzene rings is 1. The second kappa shape index (κ2) is 6.47. The first-order valence-corrected chi connectivity index (χ1v) is 5.60. The van der Waals surface area contributed by atoms with E-state index in [9.17, 15) is 4.79 Å².